The van der Waals surface area contributed by atoms with Gasteiger partial charge < -0.3 is 9.67 Å². The van der Waals surface area contributed by atoms with E-state index in [1.807, 2.05) is 30.5 Å². The zero-order valence-electron chi connectivity index (χ0n) is 18.2. The summed E-state index contributed by atoms with van der Waals surface area (Å²) >= 11 is 0. The Morgan fingerprint density at radius 1 is 1.19 bits per heavy atom. The highest BCUT2D eigenvalue weighted by molar-refractivity contribution is 5.60. The van der Waals surface area contributed by atoms with Gasteiger partial charge in [0.2, 0.25) is 5.56 Å². The van der Waals surface area contributed by atoms with Crippen molar-refractivity contribution < 1.29 is 5.11 Å². The van der Waals surface area contributed by atoms with Crippen molar-refractivity contribution in [2.24, 2.45) is 13.0 Å². The lowest BCUT2D eigenvalue weighted by Gasteiger charge is -2.54. The molecule has 3 saturated heterocycles. The summed E-state index contributed by atoms with van der Waals surface area (Å²) in [5.41, 5.74) is 3.46. The molecule has 0 radical (unpaired) electrons. The predicted molar refractivity (Wildman–Crippen MR) is 125 cm³/mol. The van der Waals surface area contributed by atoms with Gasteiger partial charge in [-0.25, -0.2) is 0 Å². The zero-order valence-corrected chi connectivity index (χ0v) is 18.2. The molecule has 2 aromatic heterocycles. The molecule has 162 valence electrons. The number of aryl methyl sites for hydroxylation is 1. The third-order valence-corrected chi connectivity index (χ3v) is 7.13. The summed E-state index contributed by atoms with van der Waals surface area (Å²) in [5, 5.41) is 12.1. The van der Waals surface area contributed by atoms with Gasteiger partial charge in [-0.15, -0.1) is 6.42 Å². The van der Waals surface area contributed by atoms with Crippen LogP contribution in [0.2, 0.25) is 0 Å². The van der Waals surface area contributed by atoms with Crippen molar-refractivity contribution in [2.75, 3.05) is 13.1 Å². The molecule has 5 nitrogen and oxygen atoms in total. The van der Waals surface area contributed by atoms with E-state index in [0.29, 0.717) is 6.42 Å². The summed E-state index contributed by atoms with van der Waals surface area (Å²) < 4.78 is 1.55. The van der Waals surface area contributed by atoms with Crippen molar-refractivity contribution in [1.82, 2.24) is 14.5 Å². The summed E-state index contributed by atoms with van der Waals surface area (Å²) in [6.45, 7) is 1.86. The molecule has 0 amide bonds. The van der Waals surface area contributed by atoms with Crippen LogP contribution in [0.1, 0.15) is 29.5 Å². The van der Waals surface area contributed by atoms with Crippen LogP contribution in [0.3, 0.4) is 0 Å². The number of hydrogen-bond acceptors (Lipinski definition) is 4. The molecule has 0 saturated carbocycles. The topological polar surface area (TPSA) is 58.4 Å². The van der Waals surface area contributed by atoms with Crippen LogP contribution in [-0.4, -0.2) is 38.7 Å². The van der Waals surface area contributed by atoms with Crippen molar-refractivity contribution in [3.8, 4) is 23.6 Å². The number of nitrogens with zero attached hydrogens (tertiary/aromatic N) is 3. The minimum absolute atomic E-state index is 0.0617. The molecule has 6 rings (SSSR count). The Labute approximate surface area is 188 Å². The number of fused-ring (bicyclic) bond motifs is 3. The van der Waals surface area contributed by atoms with E-state index in [-0.39, 0.29) is 17.5 Å². The minimum atomic E-state index is -1.12. The maximum absolute atomic E-state index is 12.1. The van der Waals surface area contributed by atoms with Crippen LogP contribution in [0.15, 0.2) is 65.7 Å². The number of rotatable bonds is 4. The number of aliphatic hydroxyl groups is 1. The van der Waals surface area contributed by atoms with E-state index in [1.54, 1.807) is 29.9 Å². The quantitative estimate of drug-likeness (QED) is 0.653. The van der Waals surface area contributed by atoms with Gasteiger partial charge in [0.05, 0.1) is 5.69 Å². The maximum Gasteiger partial charge on any atom is 0.250 e. The molecule has 3 aliphatic heterocycles. The van der Waals surface area contributed by atoms with Gasteiger partial charge in [-0.3, -0.25) is 14.7 Å². The number of terminal acetylenes is 1. The third kappa shape index (κ3) is 3.37. The largest absolute Gasteiger partial charge is 0.382 e. The molecule has 0 aliphatic carbocycles. The fourth-order valence-corrected chi connectivity index (χ4v) is 5.42. The molecule has 2 atom stereocenters. The van der Waals surface area contributed by atoms with Gasteiger partial charge in [0.1, 0.15) is 11.6 Å². The highest BCUT2D eigenvalue weighted by Gasteiger charge is 2.54. The van der Waals surface area contributed by atoms with Gasteiger partial charge in [0.25, 0.3) is 0 Å². The van der Waals surface area contributed by atoms with Crippen LogP contribution in [0.4, 0.5) is 0 Å². The van der Waals surface area contributed by atoms with E-state index in [0.717, 1.165) is 53.9 Å². The maximum atomic E-state index is 12.1. The van der Waals surface area contributed by atoms with Crippen LogP contribution in [0.5, 0.6) is 0 Å². The molecule has 0 spiro atoms. The monoisotopic (exact) mass is 425 g/mol. The van der Waals surface area contributed by atoms with Crippen molar-refractivity contribution in [2.45, 2.75) is 30.9 Å². The fourth-order valence-electron chi connectivity index (χ4n) is 5.42. The van der Waals surface area contributed by atoms with Crippen LogP contribution >= 0.6 is 0 Å². The molecular weight excluding hydrogens is 398 g/mol. The van der Waals surface area contributed by atoms with Crippen molar-refractivity contribution >= 4 is 0 Å². The Bertz CT molecular complexity index is 1240. The molecule has 3 aliphatic rings. The molecule has 5 heteroatoms. The second-order valence-electron chi connectivity index (χ2n) is 8.96. The Morgan fingerprint density at radius 3 is 2.62 bits per heavy atom. The highest BCUT2D eigenvalue weighted by atomic mass is 16.3. The smallest absolute Gasteiger partial charge is 0.250 e. The average molecular weight is 426 g/mol. The first-order chi connectivity index (χ1) is 15.5. The fraction of sp³-hybridized carbons (Fsp3) is 0.333. The first-order valence-electron chi connectivity index (χ1n) is 11.1. The normalized spacial score (nSPS) is 26.6. The second-order valence-corrected chi connectivity index (χ2v) is 8.96. The summed E-state index contributed by atoms with van der Waals surface area (Å²) in [5.74, 6) is 3.00. The molecule has 32 heavy (non-hydrogen) atoms. The number of piperidine rings is 3. The Balaban J connectivity index is 1.65. The van der Waals surface area contributed by atoms with Gasteiger partial charge >= 0.3 is 0 Å². The Morgan fingerprint density at radius 2 is 1.94 bits per heavy atom. The molecule has 1 N–H and O–H groups in total. The van der Waals surface area contributed by atoms with E-state index < -0.39 is 5.60 Å². The van der Waals surface area contributed by atoms with Crippen LogP contribution in [0, 0.1) is 18.3 Å². The first kappa shape index (κ1) is 20.7. The Kier molecular flexibility index (Phi) is 5.21. The van der Waals surface area contributed by atoms with Crippen LogP contribution in [0.25, 0.3) is 11.3 Å². The third-order valence-electron chi connectivity index (χ3n) is 7.13. The standard InChI is InChI=1S/C27H27N3O2/c1-3-25-27(32,22-11-13-30(25)14-12-22)23-17-28-24(20-9-10-26(31)29(2)18-20)16-21(23)15-19-7-5-4-6-8-19/h1,4-10,16-18,22,25,32H,11-15H2,2H3. The summed E-state index contributed by atoms with van der Waals surface area (Å²) in [6.07, 6.45) is 12.1. The molecular formula is C27H27N3O2. The molecule has 3 fully saturated rings. The van der Waals surface area contributed by atoms with Gasteiger partial charge in [-0.05, 0) is 61.5 Å². The minimum Gasteiger partial charge on any atom is -0.382 e. The molecule has 2 unspecified atom stereocenters. The summed E-state index contributed by atoms with van der Waals surface area (Å²) in [7, 11) is 1.73. The molecule has 3 aromatic rings. The van der Waals surface area contributed by atoms with E-state index in [9.17, 15) is 9.90 Å². The van der Waals surface area contributed by atoms with E-state index in [4.69, 9.17) is 11.4 Å². The Hall–Kier alpha value is -3.20. The van der Waals surface area contributed by atoms with E-state index >= 15 is 0 Å². The lowest BCUT2D eigenvalue weighted by molar-refractivity contribution is -0.143. The summed E-state index contributed by atoms with van der Waals surface area (Å²) in [6, 6.07) is 15.3. The lowest BCUT2D eigenvalue weighted by Crippen LogP contribution is -2.63. The highest BCUT2D eigenvalue weighted by Crippen LogP contribution is 2.48. The summed E-state index contributed by atoms with van der Waals surface area (Å²) in [4.78, 5) is 18.8. The molecule has 5 heterocycles. The molecule has 2 bridgehead atoms. The van der Waals surface area contributed by atoms with Crippen molar-refractivity contribution in [3.05, 3.63) is 88.0 Å². The number of pyridine rings is 2. The van der Waals surface area contributed by atoms with Gasteiger partial charge in [0.15, 0.2) is 0 Å². The van der Waals surface area contributed by atoms with E-state index in [2.05, 4.69) is 23.0 Å². The lowest BCUT2D eigenvalue weighted by atomic mass is 9.66. The number of benzene rings is 1. The van der Waals surface area contributed by atoms with Crippen molar-refractivity contribution in [1.29, 1.82) is 0 Å². The zero-order chi connectivity index (χ0) is 22.3. The second kappa shape index (κ2) is 8.05. The van der Waals surface area contributed by atoms with Crippen molar-refractivity contribution in [3.63, 3.8) is 0 Å². The average Bonchev–Trinajstić information content (AvgIpc) is 2.82. The van der Waals surface area contributed by atoms with Gasteiger partial charge in [-0.1, -0.05) is 36.3 Å². The SMILES string of the molecule is C#CC1N2CCC(CC2)C1(O)c1cnc(-c2ccc(=O)n(C)c2)cc1Cc1ccccc1. The predicted octanol–water partition coefficient (Wildman–Crippen LogP) is 2.95. The van der Waals surface area contributed by atoms with Gasteiger partial charge in [-0.2, -0.15) is 0 Å². The number of hydrogen-bond donors (Lipinski definition) is 1. The van der Waals surface area contributed by atoms with Crippen LogP contribution in [-0.2, 0) is 19.1 Å². The van der Waals surface area contributed by atoms with Crippen LogP contribution < -0.4 is 5.56 Å². The van der Waals surface area contributed by atoms with Gasteiger partial charge in [0, 0.05) is 36.6 Å². The first-order valence-corrected chi connectivity index (χ1v) is 11.1. The number of aromatic nitrogens is 2. The molecule has 1 aromatic carbocycles. The van der Waals surface area contributed by atoms with E-state index in [1.165, 1.54) is 0 Å².